The largest absolute Gasteiger partial charge is 0.371 e. The van der Waals surface area contributed by atoms with Crippen LogP contribution in [0.4, 0.5) is 11.4 Å². The van der Waals surface area contributed by atoms with E-state index < -0.39 is 0 Å². The summed E-state index contributed by atoms with van der Waals surface area (Å²) in [6.07, 6.45) is 5.02. The van der Waals surface area contributed by atoms with Gasteiger partial charge in [0.1, 0.15) is 0 Å². The third-order valence-corrected chi connectivity index (χ3v) is 6.72. The van der Waals surface area contributed by atoms with Crippen molar-refractivity contribution in [3.05, 3.63) is 69.8 Å². The molecule has 0 unspecified atom stereocenters. The Morgan fingerprint density at radius 3 is 2.21 bits per heavy atom. The van der Waals surface area contributed by atoms with Gasteiger partial charge in [-0.25, -0.2) is 0 Å². The standard InChI is InChI=1S/C23H29N3O2/c1-19-17-21(26(27)28)7-8-22(19)25-15-11-23(12-16-25)9-13-24(14-10-23)18-20-5-3-2-4-6-20/h2-8,17H,9-16,18H2,1H3. The molecule has 5 nitrogen and oxygen atoms in total. The van der Waals surface area contributed by atoms with Crippen LogP contribution < -0.4 is 4.90 Å². The number of nitrogens with zero attached hydrogens (tertiary/aromatic N) is 3. The van der Waals surface area contributed by atoms with E-state index in [1.54, 1.807) is 12.1 Å². The number of nitro benzene ring substituents is 1. The summed E-state index contributed by atoms with van der Waals surface area (Å²) in [5.41, 5.74) is 4.23. The molecule has 1 spiro atoms. The zero-order valence-corrected chi connectivity index (χ0v) is 16.6. The van der Waals surface area contributed by atoms with Gasteiger partial charge in [-0.05, 0) is 68.3 Å². The van der Waals surface area contributed by atoms with Crippen LogP contribution in [0, 0.1) is 22.5 Å². The van der Waals surface area contributed by atoms with Crippen LogP contribution in [0.2, 0.25) is 0 Å². The van der Waals surface area contributed by atoms with Crippen molar-refractivity contribution >= 4 is 11.4 Å². The summed E-state index contributed by atoms with van der Waals surface area (Å²) in [5.74, 6) is 0. The quantitative estimate of drug-likeness (QED) is 0.566. The molecule has 0 atom stereocenters. The van der Waals surface area contributed by atoms with Crippen molar-refractivity contribution in [1.29, 1.82) is 0 Å². The summed E-state index contributed by atoms with van der Waals surface area (Å²) in [5, 5.41) is 11.0. The van der Waals surface area contributed by atoms with Crippen LogP contribution >= 0.6 is 0 Å². The van der Waals surface area contributed by atoms with Gasteiger partial charge in [0, 0.05) is 37.5 Å². The third-order valence-electron chi connectivity index (χ3n) is 6.72. The van der Waals surface area contributed by atoms with Crippen molar-refractivity contribution in [1.82, 2.24) is 4.90 Å². The van der Waals surface area contributed by atoms with Crippen molar-refractivity contribution in [3.63, 3.8) is 0 Å². The molecule has 28 heavy (non-hydrogen) atoms. The molecule has 0 aliphatic carbocycles. The van der Waals surface area contributed by atoms with E-state index in [4.69, 9.17) is 0 Å². The molecule has 2 aromatic carbocycles. The Morgan fingerprint density at radius 2 is 1.61 bits per heavy atom. The second-order valence-electron chi connectivity index (χ2n) is 8.48. The van der Waals surface area contributed by atoms with Gasteiger partial charge in [0.15, 0.2) is 0 Å². The molecule has 2 aliphatic heterocycles. The third kappa shape index (κ3) is 4.04. The maximum atomic E-state index is 11.0. The molecule has 5 heteroatoms. The van der Waals surface area contributed by atoms with E-state index in [2.05, 4.69) is 40.1 Å². The lowest BCUT2D eigenvalue weighted by Gasteiger charge is -2.47. The molecular weight excluding hydrogens is 350 g/mol. The maximum absolute atomic E-state index is 11.0. The molecule has 4 rings (SSSR count). The van der Waals surface area contributed by atoms with Crippen LogP contribution in [0.1, 0.15) is 36.8 Å². The van der Waals surface area contributed by atoms with Crippen LogP contribution in [0.5, 0.6) is 0 Å². The number of rotatable bonds is 4. The number of benzene rings is 2. The predicted octanol–water partition coefficient (Wildman–Crippen LogP) is 4.79. The molecule has 0 bridgehead atoms. The van der Waals surface area contributed by atoms with E-state index >= 15 is 0 Å². The first-order chi connectivity index (χ1) is 13.5. The van der Waals surface area contributed by atoms with Crippen molar-refractivity contribution in [2.24, 2.45) is 5.41 Å². The number of anilines is 1. The molecule has 2 saturated heterocycles. The predicted molar refractivity (Wildman–Crippen MR) is 113 cm³/mol. The first-order valence-corrected chi connectivity index (χ1v) is 10.3. The van der Waals surface area contributed by atoms with E-state index in [1.165, 1.54) is 44.3 Å². The van der Waals surface area contributed by atoms with Crippen LogP contribution in [0.3, 0.4) is 0 Å². The highest BCUT2D eigenvalue weighted by atomic mass is 16.6. The second kappa shape index (κ2) is 7.92. The zero-order chi connectivity index (χ0) is 19.6. The summed E-state index contributed by atoms with van der Waals surface area (Å²) in [6.45, 7) is 7.52. The molecule has 2 fully saturated rings. The van der Waals surface area contributed by atoms with Crippen LogP contribution in [-0.4, -0.2) is 36.0 Å². The van der Waals surface area contributed by atoms with Gasteiger partial charge in [-0.3, -0.25) is 15.0 Å². The van der Waals surface area contributed by atoms with Gasteiger partial charge in [-0.15, -0.1) is 0 Å². The van der Waals surface area contributed by atoms with E-state index in [-0.39, 0.29) is 10.6 Å². The molecule has 0 aromatic heterocycles. The highest BCUT2D eigenvalue weighted by molar-refractivity contribution is 5.57. The monoisotopic (exact) mass is 379 g/mol. The molecule has 2 aliphatic rings. The first kappa shape index (κ1) is 18.9. The van der Waals surface area contributed by atoms with Crippen molar-refractivity contribution in [2.75, 3.05) is 31.1 Å². The Bertz CT molecular complexity index is 819. The summed E-state index contributed by atoms with van der Waals surface area (Å²) in [6, 6.07) is 16.0. The molecule has 0 N–H and O–H groups in total. The minimum atomic E-state index is -0.314. The Hall–Kier alpha value is -2.40. The Labute approximate surface area is 167 Å². The second-order valence-corrected chi connectivity index (χ2v) is 8.48. The van der Waals surface area contributed by atoms with Gasteiger partial charge >= 0.3 is 0 Å². The van der Waals surface area contributed by atoms with Gasteiger partial charge in [0.25, 0.3) is 5.69 Å². The van der Waals surface area contributed by atoms with E-state index in [1.807, 2.05) is 13.0 Å². The molecule has 0 amide bonds. The molecule has 0 saturated carbocycles. The Balaban J connectivity index is 1.33. The fraction of sp³-hybridized carbons (Fsp3) is 0.478. The summed E-state index contributed by atoms with van der Waals surface area (Å²) in [4.78, 5) is 15.7. The number of likely N-dealkylation sites (tertiary alicyclic amines) is 1. The smallest absolute Gasteiger partial charge is 0.269 e. The Morgan fingerprint density at radius 1 is 0.964 bits per heavy atom. The lowest BCUT2D eigenvalue weighted by molar-refractivity contribution is -0.384. The van der Waals surface area contributed by atoms with Gasteiger partial charge in [-0.2, -0.15) is 0 Å². The maximum Gasteiger partial charge on any atom is 0.269 e. The van der Waals surface area contributed by atoms with Crippen molar-refractivity contribution in [2.45, 2.75) is 39.2 Å². The summed E-state index contributed by atoms with van der Waals surface area (Å²) in [7, 11) is 0. The number of non-ortho nitro benzene ring substituents is 1. The molecule has 2 aromatic rings. The van der Waals surface area contributed by atoms with Gasteiger partial charge < -0.3 is 4.90 Å². The SMILES string of the molecule is Cc1cc([N+](=O)[O-])ccc1N1CCC2(CCN(Cc3ccccc3)CC2)CC1. The van der Waals surface area contributed by atoms with E-state index in [9.17, 15) is 10.1 Å². The highest BCUT2D eigenvalue weighted by Gasteiger charge is 2.37. The lowest BCUT2D eigenvalue weighted by atomic mass is 9.71. The average molecular weight is 380 g/mol. The summed E-state index contributed by atoms with van der Waals surface area (Å²) < 4.78 is 0. The number of hydrogen-bond acceptors (Lipinski definition) is 4. The number of nitro groups is 1. The average Bonchev–Trinajstić information content (AvgIpc) is 2.71. The van der Waals surface area contributed by atoms with Crippen LogP contribution in [-0.2, 0) is 6.54 Å². The van der Waals surface area contributed by atoms with Crippen molar-refractivity contribution < 1.29 is 4.92 Å². The first-order valence-electron chi connectivity index (χ1n) is 10.3. The van der Waals surface area contributed by atoms with Crippen LogP contribution in [0.15, 0.2) is 48.5 Å². The van der Waals surface area contributed by atoms with Crippen molar-refractivity contribution in [3.8, 4) is 0 Å². The fourth-order valence-corrected chi connectivity index (χ4v) is 4.86. The normalized spacial score (nSPS) is 19.7. The topological polar surface area (TPSA) is 49.6 Å². The van der Waals surface area contributed by atoms with E-state index in [0.717, 1.165) is 30.9 Å². The number of piperidine rings is 2. The fourth-order valence-electron chi connectivity index (χ4n) is 4.86. The van der Waals surface area contributed by atoms with Gasteiger partial charge in [-0.1, -0.05) is 30.3 Å². The molecule has 148 valence electrons. The van der Waals surface area contributed by atoms with Gasteiger partial charge in [0.2, 0.25) is 0 Å². The lowest BCUT2D eigenvalue weighted by Crippen LogP contribution is -2.46. The number of hydrogen-bond donors (Lipinski definition) is 0. The highest BCUT2D eigenvalue weighted by Crippen LogP contribution is 2.42. The summed E-state index contributed by atoms with van der Waals surface area (Å²) >= 11 is 0. The van der Waals surface area contributed by atoms with E-state index in [0.29, 0.717) is 5.41 Å². The molecule has 2 heterocycles. The zero-order valence-electron chi connectivity index (χ0n) is 16.6. The molecular formula is C23H29N3O2. The van der Waals surface area contributed by atoms with Crippen LogP contribution in [0.25, 0.3) is 0 Å². The number of aryl methyl sites for hydroxylation is 1. The molecule has 0 radical (unpaired) electrons. The van der Waals surface area contributed by atoms with Gasteiger partial charge in [0.05, 0.1) is 4.92 Å². The minimum Gasteiger partial charge on any atom is -0.371 e. The Kier molecular flexibility index (Phi) is 5.36. The minimum absolute atomic E-state index is 0.181.